The van der Waals surface area contributed by atoms with Crippen LogP contribution in [0.5, 0.6) is 0 Å². The summed E-state index contributed by atoms with van der Waals surface area (Å²) in [5, 5.41) is 30.1. The van der Waals surface area contributed by atoms with E-state index in [2.05, 4.69) is 10.9 Å². The van der Waals surface area contributed by atoms with Crippen molar-refractivity contribution < 1.29 is 20.6 Å². The summed E-state index contributed by atoms with van der Waals surface area (Å²) in [6, 6.07) is 0. The van der Waals surface area contributed by atoms with Crippen LogP contribution in [0.3, 0.4) is 0 Å². The molecule has 0 aromatic heterocycles. The SMILES string of the molecule is N.NN=C(N)N.O=[N+]([O-])O.O=[N+]([O-])O. The summed E-state index contributed by atoms with van der Waals surface area (Å²) in [4.78, 5) is 16.7. The number of hydrogen-bond donors (Lipinski definition) is 6. The summed E-state index contributed by atoms with van der Waals surface area (Å²) in [6.07, 6.45) is 0. The molecule has 0 bridgehead atoms. The minimum atomic E-state index is -1.50. The molecule has 0 aromatic carbocycles. The van der Waals surface area contributed by atoms with Crippen molar-refractivity contribution in [3.8, 4) is 0 Å². The molecule has 86 valence electrons. The molecule has 0 unspecified atom stereocenters. The minimum absolute atomic E-state index is 0. The van der Waals surface area contributed by atoms with Crippen LogP contribution in [0.1, 0.15) is 0 Å². The van der Waals surface area contributed by atoms with E-state index in [1.165, 1.54) is 0 Å². The van der Waals surface area contributed by atoms with Gasteiger partial charge in [-0.1, -0.05) is 0 Å². The topological polar surface area (TPSA) is 252 Å². The molecule has 0 rings (SSSR count). The van der Waals surface area contributed by atoms with Gasteiger partial charge < -0.3 is 33.9 Å². The van der Waals surface area contributed by atoms with Crippen LogP contribution in [0.15, 0.2) is 5.10 Å². The predicted octanol–water partition coefficient (Wildman–Crippen LogP) is -2.40. The van der Waals surface area contributed by atoms with Crippen molar-refractivity contribution in [1.29, 1.82) is 0 Å². The fourth-order valence-electron chi connectivity index (χ4n) is 0. The molecule has 0 aliphatic carbocycles. The predicted molar refractivity (Wildman–Crippen MR) is 42.6 cm³/mol. The average Bonchev–Trinajstić information content (AvgIpc) is 1.84. The first-order chi connectivity index (χ1) is 5.73. The zero-order valence-electron chi connectivity index (χ0n) is 6.81. The highest BCUT2D eigenvalue weighted by Crippen LogP contribution is 1.38. The monoisotopic (exact) mass is 217 g/mol. The van der Waals surface area contributed by atoms with Gasteiger partial charge in [-0.25, -0.2) is 0 Å². The Morgan fingerprint density at radius 2 is 1.21 bits per heavy atom. The zero-order valence-corrected chi connectivity index (χ0v) is 6.81. The van der Waals surface area contributed by atoms with Gasteiger partial charge in [0.15, 0.2) is 0 Å². The second-order valence-corrected chi connectivity index (χ2v) is 1.03. The molecule has 0 heterocycles. The maximum Gasteiger partial charge on any atom is 0.291 e. The molecule has 13 heteroatoms. The molecule has 0 fully saturated rings. The van der Waals surface area contributed by atoms with E-state index in [-0.39, 0.29) is 12.1 Å². The van der Waals surface area contributed by atoms with Gasteiger partial charge in [-0.15, -0.1) is 25.3 Å². The van der Waals surface area contributed by atoms with Crippen molar-refractivity contribution in [1.82, 2.24) is 6.15 Å². The number of nitrogens with zero attached hydrogens (tertiary/aromatic N) is 3. The Labute approximate surface area is 76.6 Å². The Morgan fingerprint density at radius 1 is 1.14 bits per heavy atom. The first-order valence-corrected chi connectivity index (χ1v) is 2.19. The maximum absolute atomic E-state index is 8.36. The second kappa shape index (κ2) is 16.8. The lowest BCUT2D eigenvalue weighted by atomic mass is 11.1. The van der Waals surface area contributed by atoms with E-state index in [4.69, 9.17) is 42.1 Å². The highest BCUT2D eigenvalue weighted by atomic mass is 16.9. The van der Waals surface area contributed by atoms with Crippen molar-refractivity contribution in [3.05, 3.63) is 20.2 Å². The molecule has 0 atom stereocenters. The van der Waals surface area contributed by atoms with Crippen molar-refractivity contribution in [2.24, 2.45) is 22.4 Å². The highest BCUT2D eigenvalue weighted by Gasteiger charge is 1.65. The summed E-state index contributed by atoms with van der Waals surface area (Å²) >= 11 is 0. The Hall–Kier alpha value is -2.57. The van der Waals surface area contributed by atoms with E-state index in [1.54, 1.807) is 0 Å². The second-order valence-electron chi connectivity index (χ2n) is 1.03. The van der Waals surface area contributed by atoms with Gasteiger partial charge in [-0.05, 0) is 0 Å². The standard InChI is InChI=1S/CH6N4.2HNO3.H3N/c2-1(3)5-4;2*2-1(3)4;/h4H2,(H4,2,3,5);2*(H,2,3,4);1H3. The minimum Gasteiger partial charge on any atom is -0.369 e. The number of guanidine groups is 1. The van der Waals surface area contributed by atoms with E-state index in [0.717, 1.165) is 0 Å². The van der Waals surface area contributed by atoms with Crippen LogP contribution in [0.2, 0.25) is 0 Å². The van der Waals surface area contributed by atoms with Gasteiger partial charge in [-0.2, -0.15) is 0 Å². The Bertz CT molecular complexity index is 153. The maximum atomic E-state index is 8.36. The molecule has 11 N–H and O–H groups in total. The molecule has 13 nitrogen and oxygen atoms in total. The van der Waals surface area contributed by atoms with Crippen LogP contribution in [-0.4, -0.2) is 26.5 Å². The van der Waals surface area contributed by atoms with Gasteiger partial charge in [0, 0.05) is 0 Å². The van der Waals surface area contributed by atoms with Gasteiger partial charge >= 0.3 is 0 Å². The molecule has 0 saturated heterocycles. The molecular formula is CH11N7O6. The molecule has 0 radical (unpaired) electrons. The first-order valence-electron chi connectivity index (χ1n) is 2.19. The molecule has 0 aliphatic rings. The van der Waals surface area contributed by atoms with E-state index in [9.17, 15) is 0 Å². The summed E-state index contributed by atoms with van der Waals surface area (Å²) in [5.41, 5.74) is 9.39. The molecule has 0 aromatic rings. The first kappa shape index (κ1) is 22.5. The number of hydrogen-bond acceptors (Lipinski definition) is 7. The number of hydrazone groups is 1. The van der Waals surface area contributed by atoms with Gasteiger partial charge in [0.1, 0.15) is 0 Å². The fraction of sp³-hybridized carbons (Fsp3) is 0. The Balaban J connectivity index is -0.0000000522. The number of rotatable bonds is 0. The van der Waals surface area contributed by atoms with E-state index in [0.29, 0.717) is 0 Å². The van der Waals surface area contributed by atoms with Crippen LogP contribution >= 0.6 is 0 Å². The summed E-state index contributed by atoms with van der Waals surface area (Å²) in [6.45, 7) is 0. The average molecular weight is 217 g/mol. The van der Waals surface area contributed by atoms with E-state index >= 15 is 0 Å². The smallest absolute Gasteiger partial charge is 0.291 e. The lowest BCUT2D eigenvalue weighted by Crippen LogP contribution is -2.23. The largest absolute Gasteiger partial charge is 0.369 e. The third-order valence-corrected chi connectivity index (χ3v) is 0.149. The van der Waals surface area contributed by atoms with Crippen LogP contribution < -0.4 is 23.5 Å². The van der Waals surface area contributed by atoms with Crippen LogP contribution in [0.25, 0.3) is 0 Å². The lowest BCUT2D eigenvalue weighted by Gasteiger charge is -1.76. The van der Waals surface area contributed by atoms with Gasteiger partial charge in [0.05, 0.1) is 0 Å². The normalized spacial score (nSPS) is 5.71. The van der Waals surface area contributed by atoms with Gasteiger partial charge in [0.2, 0.25) is 5.96 Å². The fourth-order valence-corrected chi connectivity index (χ4v) is 0. The number of nitrogens with two attached hydrogens (primary N) is 3. The highest BCUT2D eigenvalue weighted by molar-refractivity contribution is 5.75. The summed E-state index contributed by atoms with van der Waals surface area (Å²) < 4.78 is 0. The van der Waals surface area contributed by atoms with Crippen LogP contribution in [0, 0.1) is 20.2 Å². The molecular weight excluding hydrogens is 206 g/mol. The lowest BCUT2D eigenvalue weighted by molar-refractivity contribution is -0.742. The van der Waals surface area contributed by atoms with Gasteiger partial charge in [0.25, 0.3) is 10.2 Å². The van der Waals surface area contributed by atoms with Crippen LogP contribution in [0.4, 0.5) is 0 Å². The molecule has 0 amide bonds. The summed E-state index contributed by atoms with van der Waals surface area (Å²) in [7, 11) is 0. The summed E-state index contributed by atoms with van der Waals surface area (Å²) in [5.74, 6) is 4.42. The third-order valence-electron chi connectivity index (χ3n) is 0.149. The molecule has 0 saturated carbocycles. The van der Waals surface area contributed by atoms with Crippen molar-refractivity contribution in [3.63, 3.8) is 0 Å². The van der Waals surface area contributed by atoms with Crippen molar-refractivity contribution in [2.45, 2.75) is 0 Å². The Kier molecular flexibility index (Phi) is 27.0. The van der Waals surface area contributed by atoms with Gasteiger partial charge in [-0.3, -0.25) is 0 Å². The third kappa shape index (κ3) is 2060. The zero-order chi connectivity index (χ0) is 11.4. The van der Waals surface area contributed by atoms with Crippen molar-refractivity contribution >= 4 is 5.96 Å². The Morgan fingerprint density at radius 3 is 1.21 bits per heavy atom. The van der Waals surface area contributed by atoms with Crippen LogP contribution in [-0.2, 0) is 0 Å². The molecule has 0 aliphatic heterocycles. The van der Waals surface area contributed by atoms with E-state index in [1.807, 2.05) is 0 Å². The molecule has 14 heavy (non-hydrogen) atoms. The van der Waals surface area contributed by atoms with Crippen molar-refractivity contribution in [2.75, 3.05) is 0 Å². The molecule has 0 spiro atoms. The quantitative estimate of drug-likeness (QED) is 0.0823. The van der Waals surface area contributed by atoms with E-state index < -0.39 is 10.2 Å².